The van der Waals surface area contributed by atoms with Crippen LogP contribution in [0.3, 0.4) is 0 Å². The van der Waals surface area contributed by atoms with Gasteiger partial charge in [-0.05, 0) is 19.1 Å². The molecule has 0 saturated carbocycles. The van der Waals surface area contributed by atoms with Crippen molar-refractivity contribution in [3.8, 4) is 0 Å². The summed E-state index contributed by atoms with van der Waals surface area (Å²) in [6.45, 7) is 4.05. The average molecular weight is 244 g/mol. The summed E-state index contributed by atoms with van der Waals surface area (Å²) in [6, 6.07) is 0.00248. The molecular formula is C10H16N2OS2. The first kappa shape index (κ1) is 12.5. The number of hydrogen-bond acceptors (Lipinski definition) is 4. The summed E-state index contributed by atoms with van der Waals surface area (Å²) < 4.78 is 0. The van der Waals surface area contributed by atoms with Crippen LogP contribution in [0.2, 0.25) is 0 Å². The maximum atomic E-state index is 11.3. The van der Waals surface area contributed by atoms with Crippen molar-refractivity contribution in [2.75, 3.05) is 5.75 Å². The number of hydrogen-bond donors (Lipinski definition) is 2. The smallest absolute Gasteiger partial charge is 0.221 e. The van der Waals surface area contributed by atoms with Crippen LogP contribution >= 0.6 is 24.0 Å². The quantitative estimate of drug-likeness (QED) is 0.780. The Morgan fingerprint density at radius 2 is 2.47 bits per heavy atom. The zero-order valence-electron chi connectivity index (χ0n) is 8.99. The van der Waals surface area contributed by atoms with E-state index in [9.17, 15) is 4.79 Å². The van der Waals surface area contributed by atoms with E-state index in [0.29, 0.717) is 12.2 Å². The molecular weight excluding hydrogens is 228 g/mol. The molecule has 15 heavy (non-hydrogen) atoms. The zero-order valence-corrected chi connectivity index (χ0v) is 10.7. The van der Waals surface area contributed by atoms with Crippen molar-refractivity contribution < 1.29 is 4.79 Å². The molecule has 0 aliphatic rings. The van der Waals surface area contributed by atoms with Crippen LogP contribution in [0, 0.1) is 0 Å². The predicted molar refractivity (Wildman–Crippen MR) is 66.5 cm³/mol. The number of rotatable bonds is 5. The van der Waals surface area contributed by atoms with Gasteiger partial charge in [0, 0.05) is 17.5 Å². The lowest BCUT2D eigenvalue weighted by Crippen LogP contribution is -2.26. The molecule has 1 unspecified atom stereocenters. The summed E-state index contributed by atoms with van der Waals surface area (Å²) in [5, 5.41) is 3.87. The Labute approximate surface area is 99.7 Å². The first-order valence-corrected chi connectivity index (χ1v) is 6.47. The van der Waals surface area contributed by atoms with E-state index >= 15 is 0 Å². The lowest BCUT2D eigenvalue weighted by molar-refractivity contribution is -0.121. The van der Waals surface area contributed by atoms with E-state index < -0.39 is 0 Å². The Morgan fingerprint density at radius 1 is 1.73 bits per heavy atom. The van der Waals surface area contributed by atoms with E-state index in [1.54, 1.807) is 11.3 Å². The van der Waals surface area contributed by atoms with Gasteiger partial charge >= 0.3 is 0 Å². The molecule has 0 bridgehead atoms. The largest absolute Gasteiger partial charge is 0.347 e. The SMILES string of the molecule is CCc1cnc(C(C)NC(=O)CCS)s1. The number of aromatic nitrogens is 1. The molecule has 1 N–H and O–H groups in total. The molecule has 1 rings (SSSR count). The van der Waals surface area contributed by atoms with E-state index in [1.807, 2.05) is 13.1 Å². The molecule has 5 heteroatoms. The highest BCUT2D eigenvalue weighted by atomic mass is 32.1. The number of aryl methyl sites for hydroxylation is 1. The zero-order chi connectivity index (χ0) is 11.3. The molecule has 0 spiro atoms. The second-order valence-corrected chi connectivity index (χ2v) is 4.88. The fraction of sp³-hybridized carbons (Fsp3) is 0.600. The Kier molecular flexibility index (Phi) is 5.11. The van der Waals surface area contributed by atoms with Crippen molar-refractivity contribution >= 4 is 29.9 Å². The lowest BCUT2D eigenvalue weighted by Gasteiger charge is -2.10. The molecule has 0 saturated heterocycles. The van der Waals surface area contributed by atoms with Gasteiger partial charge in [-0.3, -0.25) is 4.79 Å². The molecule has 1 heterocycles. The molecule has 3 nitrogen and oxygen atoms in total. The van der Waals surface area contributed by atoms with Crippen molar-refractivity contribution in [3.63, 3.8) is 0 Å². The summed E-state index contributed by atoms with van der Waals surface area (Å²) in [6.07, 6.45) is 3.33. The van der Waals surface area contributed by atoms with Crippen LogP contribution < -0.4 is 5.32 Å². The fourth-order valence-corrected chi connectivity index (χ4v) is 2.23. The number of amides is 1. The van der Waals surface area contributed by atoms with E-state index in [4.69, 9.17) is 0 Å². The van der Waals surface area contributed by atoms with E-state index in [2.05, 4.69) is 29.9 Å². The Morgan fingerprint density at radius 3 is 3.00 bits per heavy atom. The molecule has 1 amide bonds. The van der Waals surface area contributed by atoms with E-state index in [-0.39, 0.29) is 11.9 Å². The molecule has 0 aliphatic carbocycles. The lowest BCUT2D eigenvalue weighted by atomic mass is 10.3. The summed E-state index contributed by atoms with van der Waals surface area (Å²) in [7, 11) is 0. The van der Waals surface area contributed by atoms with Crippen LogP contribution in [0.15, 0.2) is 6.20 Å². The maximum absolute atomic E-state index is 11.3. The third kappa shape index (κ3) is 3.83. The normalized spacial score (nSPS) is 12.5. The topological polar surface area (TPSA) is 42.0 Å². The van der Waals surface area contributed by atoms with Gasteiger partial charge < -0.3 is 5.32 Å². The first-order valence-electron chi connectivity index (χ1n) is 5.02. The summed E-state index contributed by atoms with van der Waals surface area (Å²) in [5.74, 6) is 0.613. The van der Waals surface area contributed by atoms with Gasteiger partial charge in [0.25, 0.3) is 0 Å². The summed E-state index contributed by atoms with van der Waals surface area (Å²) in [5.41, 5.74) is 0. The van der Waals surface area contributed by atoms with Crippen LogP contribution in [0.5, 0.6) is 0 Å². The van der Waals surface area contributed by atoms with E-state index in [0.717, 1.165) is 11.4 Å². The van der Waals surface area contributed by atoms with Gasteiger partial charge in [-0.15, -0.1) is 11.3 Å². The number of thiazole rings is 1. The first-order chi connectivity index (χ1) is 7.17. The molecule has 84 valence electrons. The summed E-state index contributed by atoms with van der Waals surface area (Å²) >= 11 is 5.67. The second kappa shape index (κ2) is 6.12. The average Bonchev–Trinajstić information content (AvgIpc) is 2.66. The monoisotopic (exact) mass is 244 g/mol. The van der Waals surface area contributed by atoms with Gasteiger partial charge in [-0.2, -0.15) is 12.6 Å². The number of carbonyl (C=O) groups excluding carboxylic acids is 1. The predicted octanol–water partition coefficient (Wildman–Crippen LogP) is 2.20. The minimum Gasteiger partial charge on any atom is -0.347 e. The van der Waals surface area contributed by atoms with Crippen LogP contribution in [0.4, 0.5) is 0 Å². The second-order valence-electron chi connectivity index (χ2n) is 3.28. The maximum Gasteiger partial charge on any atom is 0.221 e. The summed E-state index contributed by atoms with van der Waals surface area (Å²) in [4.78, 5) is 16.9. The third-order valence-corrected chi connectivity index (χ3v) is 3.55. The molecule has 1 atom stereocenters. The Hall–Kier alpha value is -0.550. The fourth-order valence-electron chi connectivity index (χ4n) is 1.16. The number of carbonyl (C=O) groups is 1. The van der Waals surface area contributed by atoms with Crippen molar-refractivity contribution in [3.05, 3.63) is 16.1 Å². The Balaban J connectivity index is 2.52. The van der Waals surface area contributed by atoms with Crippen LogP contribution in [-0.2, 0) is 11.2 Å². The molecule has 1 aromatic heterocycles. The van der Waals surface area contributed by atoms with Gasteiger partial charge in [-0.25, -0.2) is 4.98 Å². The molecule has 0 aromatic carbocycles. The van der Waals surface area contributed by atoms with Crippen LogP contribution in [0.1, 0.15) is 36.2 Å². The van der Waals surface area contributed by atoms with Gasteiger partial charge in [0.2, 0.25) is 5.91 Å². The van der Waals surface area contributed by atoms with Crippen LogP contribution in [0.25, 0.3) is 0 Å². The van der Waals surface area contributed by atoms with Crippen molar-refractivity contribution in [2.24, 2.45) is 0 Å². The minimum atomic E-state index is 0.00248. The third-order valence-electron chi connectivity index (χ3n) is 2.01. The number of nitrogens with zero attached hydrogens (tertiary/aromatic N) is 1. The minimum absolute atomic E-state index is 0.00248. The molecule has 0 radical (unpaired) electrons. The van der Waals surface area contributed by atoms with Crippen molar-refractivity contribution in [1.29, 1.82) is 0 Å². The standard InChI is InChI=1S/C10H16N2OS2/c1-3-8-6-11-10(15-8)7(2)12-9(13)4-5-14/h6-7,14H,3-5H2,1-2H3,(H,12,13). The van der Waals surface area contributed by atoms with Crippen LogP contribution in [-0.4, -0.2) is 16.6 Å². The van der Waals surface area contributed by atoms with Gasteiger partial charge in [0.1, 0.15) is 5.01 Å². The van der Waals surface area contributed by atoms with Crippen molar-refractivity contribution in [1.82, 2.24) is 10.3 Å². The highest BCUT2D eigenvalue weighted by Gasteiger charge is 2.12. The van der Waals surface area contributed by atoms with E-state index in [1.165, 1.54) is 4.88 Å². The van der Waals surface area contributed by atoms with Crippen molar-refractivity contribution in [2.45, 2.75) is 32.7 Å². The Bertz CT molecular complexity index is 325. The highest BCUT2D eigenvalue weighted by molar-refractivity contribution is 7.80. The molecule has 1 aromatic rings. The number of thiol groups is 1. The van der Waals surface area contributed by atoms with Gasteiger partial charge in [0.05, 0.1) is 6.04 Å². The molecule has 0 fully saturated rings. The van der Waals surface area contributed by atoms with Gasteiger partial charge in [-0.1, -0.05) is 6.92 Å². The van der Waals surface area contributed by atoms with Gasteiger partial charge in [0.15, 0.2) is 0 Å². The molecule has 0 aliphatic heterocycles. The highest BCUT2D eigenvalue weighted by Crippen LogP contribution is 2.20. The number of nitrogens with one attached hydrogen (secondary N) is 1.